The van der Waals surface area contributed by atoms with Gasteiger partial charge in [-0.3, -0.25) is 4.85 Å². The van der Waals surface area contributed by atoms with E-state index in [4.69, 9.17) is 13.1 Å². The van der Waals surface area contributed by atoms with Crippen molar-refractivity contribution < 1.29 is 0 Å². The predicted octanol–water partition coefficient (Wildman–Crippen LogP) is 13.7. The third-order valence-electron chi connectivity index (χ3n) is 11.1. The third kappa shape index (κ3) is 4.76. The number of nitrogens with zero attached hydrogens (tertiary/aromatic N) is 4. The Bertz CT molecular complexity index is 2880. The molecule has 0 spiro atoms. The first-order valence-electron chi connectivity index (χ1n) is 18.3. The molecule has 0 radical (unpaired) electrons. The van der Waals surface area contributed by atoms with Gasteiger partial charge in [-0.15, -0.1) is 0 Å². The summed E-state index contributed by atoms with van der Waals surface area (Å²) in [6.45, 7) is 16.1. The Balaban J connectivity index is 1.32. The van der Waals surface area contributed by atoms with Crippen molar-refractivity contribution in [2.24, 2.45) is 0 Å². The molecule has 0 saturated carbocycles. The standard InChI is InChI=1S/C51H32N4/c1-52-45-27-17-24-40(50(45)53-2)35-32-38(54-46-28-13-9-22-41(46)42-23-10-14-29-47(42)54)34-39(33-35)55-48-30-15-11-25-43(48)51(36-18-5-3-6-19-36,37-20-7-4-8-21-37)44-26-12-16-31-49(44)55/h3-34H. The van der Waals surface area contributed by atoms with Crippen LogP contribution in [-0.4, -0.2) is 4.57 Å². The Kier molecular flexibility index (Phi) is 7.44. The maximum atomic E-state index is 8.20. The zero-order chi connectivity index (χ0) is 36.9. The number of fused-ring (bicyclic) bond motifs is 5. The van der Waals surface area contributed by atoms with Gasteiger partial charge in [0.15, 0.2) is 5.69 Å². The lowest BCUT2D eigenvalue weighted by atomic mass is 9.62. The lowest BCUT2D eigenvalue weighted by Gasteiger charge is -2.46. The zero-order valence-corrected chi connectivity index (χ0v) is 29.8. The van der Waals surface area contributed by atoms with Crippen molar-refractivity contribution in [3.8, 4) is 16.8 Å². The van der Waals surface area contributed by atoms with Crippen LogP contribution in [0.4, 0.5) is 28.4 Å². The number of rotatable bonds is 5. The monoisotopic (exact) mass is 700 g/mol. The number of benzene rings is 8. The van der Waals surface area contributed by atoms with Crippen LogP contribution < -0.4 is 4.90 Å². The molecule has 1 aliphatic heterocycles. The lowest BCUT2D eigenvalue weighted by Crippen LogP contribution is -2.37. The number of anilines is 3. The Morgan fingerprint density at radius 1 is 0.436 bits per heavy atom. The molecule has 0 unspecified atom stereocenters. The van der Waals surface area contributed by atoms with Crippen molar-refractivity contribution in [3.05, 3.63) is 239 Å². The molecule has 1 aromatic heterocycles. The van der Waals surface area contributed by atoms with E-state index < -0.39 is 5.41 Å². The highest BCUT2D eigenvalue weighted by Gasteiger charge is 2.46. The van der Waals surface area contributed by atoms with E-state index in [2.05, 4.69) is 195 Å². The summed E-state index contributed by atoms with van der Waals surface area (Å²) < 4.78 is 2.33. The van der Waals surface area contributed by atoms with E-state index in [0.29, 0.717) is 11.4 Å². The molecule has 0 N–H and O–H groups in total. The molecule has 4 heteroatoms. The Morgan fingerprint density at radius 3 is 1.51 bits per heavy atom. The molecule has 2 heterocycles. The van der Waals surface area contributed by atoms with Gasteiger partial charge in [0.1, 0.15) is 0 Å². The average molecular weight is 701 g/mol. The van der Waals surface area contributed by atoms with Gasteiger partial charge in [0.25, 0.3) is 0 Å². The summed E-state index contributed by atoms with van der Waals surface area (Å²) in [5, 5.41) is 2.34. The molecule has 9 aromatic rings. The highest BCUT2D eigenvalue weighted by atomic mass is 15.2. The van der Waals surface area contributed by atoms with Crippen LogP contribution >= 0.6 is 0 Å². The predicted molar refractivity (Wildman–Crippen MR) is 225 cm³/mol. The normalized spacial score (nSPS) is 12.8. The van der Waals surface area contributed by atoms with Gasteiger partial charge in [-0.1, -0.05) is 152 Å². The number of hydrogen-bond acceptors (Lipinski definition) is 1. The van der Waals surface area contributed by atoms with Crippen LogP contribution in [0.3, 0.4) is 0 Å². The first-order valence-corrected chi connectivity index (χ1v) is 18.3. The molecule has 1 aliphatic rings. The van der Waals surface area contributed by atoms with Gasteiger partial charge >= 0.3 is 0 Å². The van der Waals surface area contributed by atoms with Crippen LogP contribution in [0.5, 0.6) is 0 Å². The Morgan fingerprint density at radius 2 is 0.945 bits per heavy atom. The van der Waals surface area contributed by atoms with Gasteiger partial charge < -0.3 is 9.47 Å². The van der Waals surface area contributed by atoms with Gasteiger partial charge in [-0.25, -0.2) is 4.85 Å². The highest BCUT2D eigenvalue weighted by Crippen LogP contribution is 2.58. The summed E-state index contributed by atoms with van der Waals surface area (Å²) >= 11 is 0. The largest absolute Gasteiger partial charge is 0.310 e. The van der Waals surface area contributed by atoms with Crippen molar-refractivity contribution in [1.82, 2.24) is 4.57 Å². The average Bonchev–Trinajstić information content (AvgIpc) is 3.60. The molecule has 256 valence electrons. The second-order valence-electron chi connectivity index (χ2n) is 13.9. The second-order valence-corrected chi connectivity index (χ2v) is 13.9. The topological polar surface area (TPSA) is 16.9 Å². The summed E-state index contributed by atoms with van der Waals surface area (Å²) in [5.41, 5.74) is 12.7. The van der Waals surface area contributed by atoms with Crippen LogP contribution in [0, 0.1) is 13.1 Å². The highest BCUT2D eigenvalue weighted by molar-refractivity contribution is 6.09. The number of para-hydroxylation sites is 5. The quantitative estimate of drug-likeness (QED) is 0.163. The van der Waals surface area contributed by atoms with Gasteiger partial charge in [-0.05, 0) is 75.8 Å². The van der Waals surface area contributed by atoms with Crippen LogP contribution in [0.15, 0.2) is 194 Å². The third-order valence-corrected chi connectivity index (χ3v) is 11.1. The Hall–Kier alpha value is -7.66. The fraction of sp³-hybridized carbons (Fsp3) is 0.0196. The zero-order valence-electron chi connectivity index (χ0n) is 29.8. The van der Waals surface area contributed by atoms with E-state index in [1.807, 2.05) is 12.1 Å². The number of hydrogen-bond donors (Lipinski definition) is 0. The van der Waals surface area contributed by atoms with Crippen LogP contribution in [-0.2, 0) is 5.41 Å². The second kappa shape index (κ2) is 12.8. The number of aromatic nitrogens is 1. The summed E-state index contributed by atoms with van der Waals surface area (Å²) in [5.74, 6) is 0. The molecular weight excluding hydrogens is 669 g/mol. The first kappa shape index (κ1) is 32.0. The molecule has 0 fully saturated rings. The summed E-state index contributed by atoms with van der Waals surface area (Å²) in [4.78, 5) is 10.1. The Labute approximate surface area is 320 Å². The van der Waals surface area contributed by atoms with Gasteiger partial charge in [0.05, 0.1) is 41.0 Å². The van der Waals surface area contributed by atoms with E-state index in [1.165, 1.54) is 33.0 Å². The minimum absolute atomic E-state index is 0.348. The fourth-order valence-corrected chi connectivity index (χ4v) is 8.87. The van der Waals surface area contributed by atoms with E-state index in [0.717, 1.165) is 44.9 Å². The van der Waals surface area contributed by atoms with E-state index in [-0.39, 0.29) is 0 Å². The first-order chi connectivity index (χ1) is 27.2. The molecule has 0 bridgehead atoms. The molecular formula is C51H32N4. The van der Waals surface area contributed by atoms with E-state index in [1.54, 1.807) is 6.07 Å². The van der Waals surface area contributed by atoms with Crippen LogP contribution in [0.2, 0.25) is 0 Å². The smallest absolute Gasteiger partial charge is 0.202 e. The van der Waals surface area contributed by atoms with Gasteiger partial charge in [0, 0.05) is 22.1 Å². The summed E-state index contributed by atoms with van der Waals surface area (Å²) in [6.07, 6.45) is 0. The fourth-order valence-electron chi connectivity index (χ4n) is 8.87. The van der Waals surface area contributed by atoms with Gasteiger partial charge in [-0.2, -0.15) is 0 Å². The van der Waals surface area contributed by atoms with Crippen molar-refractivity contribution >= 4 is 50.2 Å². The SMILES string of the molecule is [C-]#[N+]c1cccc(-c2cc(N3c4ccccc4C(c4ccccc4)(c4ccccc4)c4ccccc43)cc(-n3c4ccccc4c4ccccc43)c2)c1[N+]#[C-]. The van der Waals surface area contributed by atoms with Crippen molar-refractivity contribution in [1.29, 1.82) is 0 Å². The van der Waals surface area contributed by atoms with Crippen molar-refractivity contribution in [3.63, 3.8) is 0 Å². The molecule has 0 aliphatic carbocycles. The minimum Gasteiger partial charge on any atom is -0.310 e. The maximum Gasteiger partial charge on any atom is 0.202 e. The molecule has 0 amide bonds. The molecule has 0 saturated heterocycles. The minimum atomic E-state index is -0.597. The molecule has 4 nitrogen and oxygen atoms in total. The molecule has 10 rings (SSSR count). The molecule has 8 aromatic carbocycles. The van der Waals surface area contributed by atoms with Crippen molar-refractivity contribution in [2.45, 2.75) is 5.41 Å². The lowest BCUT2D eigenvalue weighted by molar-refractivity contribution is 0.731. The van der Waals surface area contributed by atoms with Crippen LogP contribution in [0.25, 0.3) is 48.3 Å². The van der Waals surface area contributed by atoms with E-state index >= 15 is 0 Å². The maximum absolute atomic E-state index is 8.20. The van der Waals surface area contributed by atoms with Crippen molar-refractivity contribution in [2.75, 3.05) is 4.90 Å². The summed E-state index contributed by atoms with van der Waals surface area (Å²) in [7, 11) is 0. The molecule has 0 atom stereocenters. The summed E-state index contributed by atoms with van der Waals surface area (Å²) in [6, 6.07) is 68.4. The van der Waals surface area contributed by atoms with Crippen LogP contribution in [0.1, 0.15) is 22.3 Å². The van der Waals surface area contributed by atoms with E-state index in [9.17, 15) is 0 Å². The van der Waals surface area contributed by atoms with Gasteiger partial charge in [0.2, 0.25) is 5.69 Å². The molecule has 55 heavy (non-hydrogen) atoms.